The smallest absolute Gasteiger partial charge is 0.226 e. The molecule has 5 heteroatoms. The number of carbonyl (C=O) groups excluding carboxylic acids is 1. The van der Waals surface area contributed by atoms with Gasteiger partial charge in [-0.25, -0.2) is 0 Å². The fourth-order valence-corrected chi connectivity index (χ4v) is 4.88. The summed E-state index contributed by atoms with van der Waals surface area (Å²) < 4.78 is 5.41. The van der Waals surface area contributed by atoms with E-state index in [1.165, 1.54) is 24.8 Å². The molecule has 1 aromatic heterocycles. The van der Waals surface area contributed by atoms with Crippen LogP contribution in [0.25, 0.3) is 0 Å². The van der Waals surface area contributed by atoms with E-state index in [4.69, 9.17) is 4.74 Å². The van der Waals surface area contributed by atoms with Crippen molar-refractivity contribution in [1.82, 2.24) is 14.8 Å². The Morgan fingerprint density at radius 3 is 2.79 bits per heavy atom. The van der Waals surface area contributed by atoms with Crippen LogP contribution in [0.2, 0.25) is 0 Å². The van der Waals surface area contributed by atoms with Gasteiger partial charge >= 0.3 is 0 Å². The van der Waals surface area contributed by atoms with Crippen molar-refractivity contribution >= 4 is 5.91 Å². The molecule has 3 fully saturated rings. The molecule has 1 amide bonds. The minimum atomic E-state index is 0.211. The van der Waals surface area contributed by atoms with E-state index in [1.807, 2.05) is 17.3 Å². The van der Waals surface area contributed by atoms with Crippen molar-refractivity contribution in [1.29, 1.82) is 0 Å². The molecule has 1 aliphatic carbocycles. The third-order valence-electron chi connectivity index (χ3n) is 6.15. The molecule has 130 valence electrons. The van der Waals surface area contributed by atoms with Gasteiger partial charge in [0, 0.05) is 44.5 Å². The fourth-order valence-electron chi connectivity index (χ4n) is 4.88. The molecule has 2 saturated heterocycles. The molecule has 0 unspecified atom stereocenters. The van der Waals surface area contributed by atoms with Gasteiger partial charge in [-0.2, -0.15) is 0 Å². The van der Waals surface area contributed by atoms with Gasteiger partial charge in [-0.3, -0.25) is 14.7 Å². The number of carbonyl (C=O) groups is 1. The van der Waals surface area contributed by atoms with Crippen LogP contribution in [0.1, 0.15) is 31.2 Å². The van der Waals surface area contributed by atoms with Gasteiger partial charge in [-0.05, 0) is 48.9 Å². The van der Waals surface area contributed by atoms with Crippen LogP contribution in [0, 0.1) is 11.3 Å². The lowest BCUT2D eigenvalue weighted by Crippen LogP contribution is -2.47. The van der Waals surface area contributed by atoms with Crippen LogP contribution >= 0.6 is 0 Å². The predicted molar refractivity (Wildman–Crippen MR) is 91.3 cm³/mol. The van der Waals surface area contributed by atoms with E-state index in [2.05, 4.69) is 22.0 Å². The number of rotatable bonds is 3. The molecule has 0 aromatic carbocycles. The van der Waals surface area contributed by atoms with E-state index in [1.54, 1.807) is 0 Å². The number of nitrogens with zero attached hydrogens (tertiary/aromatic N) is 3. The molecule has 1 aromatic rings. The van der Waals surface area contributed by atoms with E-state index in [0.717, 1.165) is 39.1 Å². The average Bonchev–Trinajstić information content (AvgIpc) is 3.23. The Morgan fingerprint density at radius 1 is 1.21 bits per heavy atom. The molecule has 0 bridgehead atoms. The average molecular weight is 329 g/mol. The first kappa shape index (κ1) is 16.0. The molecule has 24 heavy (non-hydrogen) atoms. The zero-order chi connectivity index (χ0) is 16.4. The Hall–Kier alpha value is -1.46. The normalized spacial score (nSPS) is 31.0. The minimum absolute atomic E-state index is 0.211. The van der Waals surface area contributed by atoms with E-state index in [0.29, 0.717) is 19.1 Å². The summed E-state index contributed by atoms with van der Waals surface area (Å²) in [6.07, 6.45) is 8.37. The van der Waals surface area contributed by atoms with Crippen LogP contribution in [0.15, 0.2) is 24.5 Å². The highest BCUT2D eigenvalue weighted by Crippen LogP contribution is 2.50. The fraction of sp³-hybridized carbons (Fsp3) is 0.684. The summed E-state index contributed by atoms with van der Waals surface area (Å²) in [6, 6.07) is 4.19. The predicted octanol–water partition coefficient (Wildman–Crippen LogP) is 1.93. The second kappa shape index (κ2) is 6.81. The Kier molecular flexibility index (Phi) is 4.55. The number of hydrogen-bond acceptors (Lipinski definition) is 4. The van der Waals surface area contributed by atoms with Gasteiger partial charge in [0.2, 0.25) is 5.91 Å². The molecule has 1 spiro atoms. The van der Waals surface area contributed by atoms with E-state index in [-0.39, 0.29) is 11.3 Å². The van der Waals surface area contributed by atoms with Gasteiger partial charge in [0.15, 0.2) is 0 Å². The van der Waals surface area contributed by atoms with Gasteiger partial charge in [0.05, 0.1) is 13.2 Å². The first-order valence-electron chi connectivity index (χ1n) is 9.25. The molecule has 4 rings (SSSR count). The molecule has 0 radical (unpaired) electrons. The van der Waals surface area contributed by atoms with Crippen LogP contribution in [-0.2, 0) is 16.1 Å². The van der Waals surface area contributed by atoms with Crippen molar-refractivity contribution in [2.45, 2.75) is 32.2 Å². The third-order valence-corrected chi connectivity index (χ3v) is 6.15. The monoisotopic (exact) mass is 329 g/mol. The lowest BCUT2D eigenvalue weighted by atomic mass is 9.76. The van der Waals surface area contributed by atoms with Crippen LogP contribution < -0.4 is 0 Å². The summed E-state index contributed by atoms with van der Waals surface area (Å²) in [4.78, 5) is 21.7. The molecular weight excluding hydrogens is 302 g/mol. The SMILES string of the molecule is O=C([C@H]1CCC[C@]12CCN(Cc1ccncc1)C2)N1CCOCC1. The minimum Gasteiger partial charge on any atom is -0.378 e. The molecule has 2 aliphatic heterocycles. The van der Waals surface area contributed by atoms with Crippen molar-refractivity contribution in [2.75, 3.05) is 39.4 Å². The Bertz CT molecular complexity index is 573. The maximum absolute atomic E-state index is 13.1. The number of hydrogen-bond donors (Lipinski definition) is 0. The number of pyridine rings is 1. The summed E-state index contributed by atoms with van der Waals surface area (Å²) in [5, 5.41) is 0. The Balaban J connectivity index is 1.43. The zero-order valence-electron chi connectivity index (χ0n) is 14.3. The second-order valence-corrected chi connectivity index (χ2v) is 7.56. The van der Waals surface area contributed by atoms with Crippen LogP contribution in [0.5, 0.6) is 0 Å². The molecule has 2 atom stereocenters. The molecule has 5 nitrogen and oxygen atoms in total. The standard InChI is InChI=1S/C19H27N3O2/c23-18(22-10-12-24-13-11-22)17-2-1-5-19(17)6-9-21(15-19)14-16-3-7-20-8-4-16/h3-4,7-8,17H,1-2,5-6,9-15H2/t17-,19-/m1/s1. The molecule has 0 N–H and O–H groups in total. The highest BCUT2D eigenvalue weighted by Gasteiger charge is 2.51. The Labute approximate surface area is 144 Å². The van der Waals surface area contributed by atoms with E-state index >= 15 is 0 Å². The molecule has 3 aliphatic rings. The van der Waals surface area contributed by atoms with Crippen molar-refractivity contribution in [2.24, 2.45) is 11.3 Å². The Morgan fingerprint density at radius 2 is 2.00 bits per heavy atom. The number of morpholine rings is 1. The van der Waals surface area contributed by atoms with Crippen LogP contribution in [0.3, 0.4) is 0 Å². The topological polar surface area (TPSA) is 45.7 Å². The number of ether oxygens (including phenoxy) is 1. The van der Waals surface area contributed by atoms with Gasteiger partial charge < -0.3 is 9.64 Å². The highest BCUT2D eigenvalue weighted by molar-refractivity contribution is 5.80. The maximum atomic E-state index is 13.1. The van der Waals surface area contributed by atoms with E-state index < -0.39 is 0 Å². The summed E-state index contributed by atoms with van der Waals surface area (Å²) >= 11 is 0. The summed E-state index contributed by atoms with van der Waals surface area (Å²) in [7, 11) is 0. The lowest BCUT2D eigenvalue weighted by molar-refractivity contribution is -0.143. The zero-order valence-corrected chi connectivity index (χ0v) is 14.3. The van der Waals surface area contributed by atoms with Crippen molar-refractivity contribution < 1.29 is 9.53 Å². The van der Waals surface area contributed by atoms with Crippen LogP contribution in [-0.4, -0.2) is 60.1 Å². The van der Waals surface area contributed by atoms with Gasteiger partial charge in [-0.15, -0.1) is 0 Å². The number of aromatic nitrogens is 1. The summed E-state index contributed by atoms with van der Waals surface area (Å²) in [5.41, 5.74) is 1.53. The lowest BCUT2D eigenvalue weighted by Gasteiger charge is -2.36. The first-order chi connectivity index (χ1) is 11.8. The van der Waals surface area contributed by atoms with Gasteiger partial charge in [0.1, 0.15) is 0 Å². The number of amides is 1. The molecule has 3 heterocycles. The maximum Gasteiger partial charge on any atom is 0.226 e. The molecular formula is C19H27N3O2. The van der Waals surface area contributed by atoms with E-state index in [9.17, 15) is 4.79 Å². The summed E-state index contributed by atoms with van der Waals surface area (Å²) in [5.74, 6) is 0.611. The molecule has 1 saturated carbocycles. The van der Waals surface area contributed by atoms with Gasteiger partial charge in [0.25, 0.3) is 0 Å². The van der Waals surface area contributed by atoms with Gasteiger partial charge in [-0.1, -0.05) is 6.42 Å². The largest absolute Gasteiger partial charge is 0.378 e. The summed E-state index contributed by atoms with van der Waals surface area (Å²) in [6.45, 7) is 6.07. The quantitative estimate of drug-likeness (QED) is 0.850. The van der Waals surface area contributed by atoms with Crippen LogP contribution in [0.4, 0.5) is 0 Å². The first-order valence-corrected chi connectivity index (χ1v) is 9.25. The number of likely N-dealkylation sites (tertiary alicyclic amines) is 1. The van der Waals surface area contributed by atoms with Crippen molar-refractivity contribution in [3.8, 4) is 0 Å². The highest BCUT2D eigenvalue weighted by atomic mass is 16.5. The van der Waals surface area contributed by atoms with Crippen molar-refractivity contribution in [3.63, 3.8) is 0 Å². The second-order valence-electron chi connectivity index (χ2n) is 7.56. The van der Waals surface area contributed by atoms with Crippen molar-refractivity contribution in [3.05, 3.63) is 30.1 Å². The third kappa shape index (κ3) is 3.07.